The molecule has 1 unspecified atom stereocenters. The van der Waals surface area contributed by atoms with Crippen molar-refractivity contribution in [2.45, 2.75) is 58.0 Å². The van der Waals surface area contributed by atoms with Crippen molar-refractivity contribution < 1.29 is 18.4 Å². The molecule has 3 aromatic rings. The summed E-state index contributed by atoms with van der Waals surface area (Å²) in [5, 5.41) is 12.1. The van der Waals surface area contributed by atoms with Gasteiger partial charge in [-0.25, -0.2) is 8.78 Å². The van der Waals surface area contributed by atoms with Gasteiger partial charge < -0.3 is 15.1 Å². The maximum Gasteiger partial charge on any atom is 0.264 e. The third kappa shape index (κ3) is 4.23. The molecule has 2 amide bonds. The lowest BCUT2D eigenvalue weighted by Crippen LogP contribution is -2.37. The van der Waals surface area contributed by atoms with Gasteiger partial charge in [0.15, 0.2) is 5.82 Å². The van der Waals surface area contributed by atoms with Gasteiger partial charge >= 0.3 is 0 Å². The molecule has 0 spiro atoms. The molecule has 1 fully saturated rings. The monoisotopic (exact) mass is 523 g/mol. The summed E-state index contributed by atoms with van der Waals surface area (Å²) in [6.07, 6.45) is 4.10. The SMILES string of the molecule is CC(=O)N1CCc2c(c(N3CCCc4cc(-c5cnn(C)c5)c(C(F)F)cc43)nn2C2CCNC(=O)C2)C1. The zero-order chi connectivity index (χ0) is 26.6. The Labute approximate surface area is 219 Å². The summed E-state index contributed by atoms with van der Waals surface area (Å²) in [7, 11) is 1.77. The number of carbonyl (C=O) groups excluding carboxylic acids is 2. The number of aromatic nitrogens is 4. The predicted octanol–water partition coefficient (Wildman–Crippen LogP) is 3.66. The van der Waals surface area contributed by atoms with Gasteiger partial charge in [-0.2, -0.15) is 10.2 Å². The number of carbonyl (C=O) groups is 2. The van der Waals surface area contributed by atoms with Gasteiger partial charge in [-0.1, -0.05) is 0 Å². The van der Waals surface area contributed by atoms with E-state index in [4.69, 9.17) is 5.10 Å². The summed E-state index contributed by atoms with van der Waals surface area (Å²) in [6.45, 7) is 3.80. The number of piperidine rings is 1. The number of benzene rings is 1. The maximum absolute atomic E-state index is 14.4. The van der Waals surface area contributed by atoms with E-state index in [2.05, 4.69) is 10.4 Å². The van der Waals surface area contributed by atoms with Crippen molar-refractivity contribution in [2.24, 2.45) is 7.05 Å². The van der Waals surface area contributed by atoms with Crippen LogP contribution in [0.15, 0.2) is 24.5 Å². The second-order valence-corrected chi connectivity index (χ2v) is 10.4. The molecule has 5 heterocycles. The lowest BCUT2D eigenvalue weighted by atomic mass is 9.92. The fraction of sp³-hybridized carbons (Fsp3) is 0.481. The first-order chi connectivity index (χ1) is 18.3. The summed E-state index contributed by atoms with van der Waals surface area (Å²) in [6, 6.07) is 3.41. The van der Waals surface area contributed by atoms with E-state index in [9.17, 15) is 18.4 Å². The molecular formula is C27H31F2N7O2. The highest BCUT2D eigenvalue weighted by Crippen LogP contribution is 2.43. The number of halogens is 2. The number of anilines is 2. The third-order valence-electron chi connectivity index (χ3n) is 7.95. The molecule has 0 aliphatic carbocycles. The molecule has 6 rings (SSSR count). The van der Waals surface area contributed by atoms with Crippen molar-refractivity contribution in [3.63, 3.8) is 0 Å². The quantitative estimate of drug-likeness (QED) is 0.564. The molecule has 9 nitrogen and oxygen atoms in total. The number of fused-ring (bicyclic) bond motifs is 2. The van der Waals surface area contributed by atoms with Crippen LogP contribution in [0.25, 0.3) is 11.1 Å². The summed E-state index contributed by atoms with van der Waals surface area (Å²) in [5.74, 6) is 0.694. The summed E-state index contributed by atoms with van der Waals surface area (Å²) in [5.41, 5.74) is 4.82. The minimum atomic E-state index is -2.65. The molecule has 200 valence electrons. The van der Waals surface area contributed by atoms with Gasteiger partial charge in [0.05, 0.1) is 18.8 Å². The van der Waals surface area contributed by atoms with Crippen LogP contribution in [0, 0.1) is 0 Å². The molecule has 1 saturated heterocycles. The Morgan fingerprint density at radius 3 is 2.76 bits per heavy atom. The second-order valence-electron chi connectivity index (χ2n) is 10.4. The zero-order valence-corrected chi connectivity index (χ0v) is 21.6. The second kappa shape index (κ2) is 9.52. The third-order valence-corrected chi connectivity index (χ3v) is 7.95. The van der Waals surface area contributed by atoms with E-state index in [1.807, 2.05) is 15.6 Å². The zero-order valence-electron chi connectivity index (χ0n) is 21.6. The van der Waals surface area contributed by atoms with Gasteiger partial charge in [0.2, 0.25) is 11.8 Å². The normalized spacial score (nSPS) is 19.4. The summed E-state index contributed by atoms with van der Waals surface area (Å²) in [4.78, 5) is 28.3. The maximum atomic E-state index is 14.4. The van der Waals surface area contributed by atoms with Crippen LogP contribution in [-0.2, 0) is 36.0 Å². The first-order valence-electron chi connectivity index (χ1n) is 13.1. The van der Waals surface area contributed by atoms with E-state index in [0.29, 0.717) is 56.0 Å². The Morgan fingerprint density at radius 2 is 2.05 bits per heavy atom. The Kier molecular flexibility index (Phi) is 6.16. The van der Waals surface area contributed by atoms with Crippen LogP contribution in [-0.4, -0.2) is 55.9 Å². The van der Waals surface area contributed by atoms with Crippen molar-refractivity contribution >= 4 is 23.3 Å². The lowest BCUT2D eigenvalue weighted by molar-refractivity contribution is -0.129. The number of rotatable bonds is 4. The van der Waals surface area contributed by atoms with Crippen LogP contribution < -0.4 is 10.2 Å². The summed E-state index contributed by atoms with van der Waals surface area (Å²) < 4.78 is 32.3. The standard InChI is InChI=1S/C27H31F2N7O2/c1-16(37)34-9-6-23-22(15-34)27(32-36(23)19-5-7-30-25(38)11-19)35-8-3-4-17-10-20(18-13-31-33(2)14-18)21(26(28)29)12-24(17)35/h10,12-14,19,26H,3-9,11,15H2,1-2H3,(H,30,38). The van der Waals surface area contributed by atoms with E-state index in [1.54, 1.807) is 42.0 Å². The Morgan fingerprint density at radius 1 is 1.21 bits per heavy atom. The molecule has 3 aliphatic heterocycles. The number of hydrogen-bond donors (Lipinski definition) is 1. The minimum absolute atomic E-state index is 0.000969. The van der Waals surface area contributed by atoms with Crippen molar-refractivity contribution in [2.75, 3.05) is 24.5 Å². The van der Waals surface area contributed by atoms with Crippen molar-refractivity contribution in [3.05, 3.63) is 46.9 Å². The van der Waals surface area contributed by atoms with Crippen molar-refractivity contribution in [1.82, 2.24) is 29.8 Å². The molecular weight excluding hydrogens is 492 g/mol. The van der Waals surface area contributed by atoms with Crippen molar-refractivity contribution in [3.8, 4) is 11.1 Å². The van der Waals surface area contributed by atoms with Gasteiger partial charge in [-0.05, 0) is 42.5 Å². The number of nitrogens with zero attached hydrogens (tertiary/aromatic N) is 6. The summed E-state index contributed by atoms with van der Waals surface area (Å²) >= 11 is 0. The van der Waals surface area contributed by atoms with Crippen LogP contribution in [0.4, 0.5) is 20.3 Å². The Balaban J connectivity index is 1.47. The minimum Gasteiger partial charge on any atom is -0.356 e. The van der Waals surface area contributed by atoms with E-state index in [0.717, 1.165) is 41.8 Å². The van der Waals surface area contributed by atoms with E-state index in [-0.39, 0.29) is 23.4 Å². The average molecular weight is 524 g/mol. The molecule has 2 aromatic heterocycles. The Bertz CT molecular complexity index is 1410. The fourth-order valence-electron chi connectivity index (χ4n) is 6.05. The van der Waals surface area contributed by atoms with E-state index in [1.165, 1.54) is 0 Å². The topological polar surface area (TPSA) is 88.3 Å². The van der Waals surface area contributed by atoms with Gasteiger partial charge in [-0.3, -0.25) is 19.0 Å². The van der Waals surface area contributed by atoms with Crippen LogP contribution in [0.2, 0.25) is 0 Å². The molecule has 0 saturated carbocycles. The highest BCUT2D eigenvalue weighted by atomic mass is 19.3. The number of hydrogen-bond acceptors (Lipinski definition) is 5. The molecule has 1 atom stereocenters. The Hall–Kier alpha value is -3.76. The number of aryl methyl sites for hydroxylation is 2. The van der Waals surface area contributed by atoms with Crippen molar-refractivity contribution in [1.29, 1.82) is 0 Å². The number of nitrogens with one attached hydrogen (secondary N) is 1. The molecule has 11 heteroatoms. The average Bonchev–Trinajstić information content (AvgIpc) is 3.50. The smallest absolute Gasteiger partial charge is 0.264 e. The van der Waals surface area contributed by atoms with Gasteiger partial charge in [-0.15, -0.1) is 0 Å². The van der Waals surface area contributed by atoms with Gasteiger partial charge in [0.1, 0.15) is 0 Å². The number of amides is 2. The molecule has 0 radical (unpaired) electrons. The van der Waals surface area contributed by atoms with Gasteiger partial charge in [0, 0.05) is 80.7 Å². The lowest BCUT2D eigenvalue weighted by Gasteiger charge is -2.33. The first kappa shape index (κ1) is 24.6. The largest absolute Gasteiger partial charge is 0.356 e. The number of alkyl halides is 2. The molecule has 0 bridgehead atoms. The molecule has 1 N–H and O–H groups in total. The molecule has 38 heavy (non-hydrogen) atoms. The molecule has 1 aromatic carbocycles. The highest BCUT2D eigenvalue weighted by molar-refractivity contribution is 5.79. The van der Waals surface area contributed by atoms with Crippen LogP contribution >= 0.6 is 0 Å². The van der Waals surface area contributed by atoms with Crippen LogP contribution in [0.5, 0.6) is 0 Å². The van der Waals surface area contributed by atoms with Crippen LogP contribution in [0.3, 0.4) is 0 Å². The fourth-order valence-corrected chi connectivity index (χ4v) is 6.05. The highest BCUT2D eigenvalue weighted by Gasteiger charge is 2.34. The van der Waals surface area contributed by atoms with Crippen LogP contribution in [0.1, 0.15) is 61.0 Å². The van der Waals surface area contributed by atoms with E-state index >= 15 is 0 Å². The molecule has 3 aliphatic rings. The van der Waals surface area contributed by atoms with Gasteiger partial charge in [0.25, 0.3) is 6.43 Å². The predicted molar refractivity (Wildman–Crippen MR) is 137 cm³/mol. The first-order valence-corrected chi connectivity index (χ1v) is 13.1. The van der Waals surface area contributed by atoms with E-state index < -0.39 is 6.43 Å².